The zero-order valence-electron chi connectivity index (χ0n) is 17.7. The molecule has 0 spiro atoms. The molecular weight excluding hydrogens is 405 g/mol. The average Bonchev–Trinajstić information content (AvgIpc) is 2.82. The molecule has 5 nitrogen and oxygen atoms in total. The molecular formula is C26H24FN3O2. The molecule has 1 amide bonds. The molecule has 162 valence electrons. The van der Waals surface area contributed by atoms with Gasteiger partial charge in [0, 0.05) is 13.1 Å². The van der Waals surface area contributed by atoms with Crippen molar-refractivity contribution in [1.29, 1.82) is 0 Å². The number of hydrogen-bond donors (Lipinski definition) is 0. The molecule has 1 heterocycles. The van der Waals surface area contributed by atoms with Gasteiger partial charge in [-0.05, 0) is 42.2 Å². The van der Waals surface area contributed by atoms with Crippen LogP contribution in [-0.2, 0) is 24.2 Å². The Morgan fingerprint density at radius 3 is 2.06 bits per heavy atom. The maximum atomic E-state index is 13.6. The van der Waals surface area contributed by atoms with E-state index >= 15 is 0 Å². The van der Waals surface area contributed by atoms with Crippen LogP contribution in [0.2, 0.25) is 0 Å². The van der Waals surface area contributed by atoms with Crippen molar-refractivity contribution in [3.8, 4) is 0 Å². The second kappa shape index (κ2) is 10.0. The van der Waals surface area contributed by atoms with Crippen molar-refractivity contribution < 1.29 is 9.18 Å². The molecule has 0 aliphatic heterocycles. The minimum Gasteiger partial charge on any atom is -0.340 e. The number of amides is 1. The van der Waals surface area contributed by atoms with Gasteiger partial charge in [-0.3, -0.25) is 14.2 Å². The van der Waals surface area contributed by atoms with Crippen LogP contribution in [0, 0.1) is 5.82 Å². The largest absolute Gasteiger partial charge is 0.340 e. The van der Waals surface area contributed by atoms with Gasteiger partial charge in [0.05, 0.1) is 17.2 Å². The number of benzene rings is 3. The Labute approximate surface area is 185 Å². The van der Waals surface area contributed by atoms with E-state index in [4.69, 9.17) is 0 Å². The number of hydrogen-bond acceptors (Lipinski definition) is 3. The van der Waals surface area contributed by atoms with Crippen molar-refractivity contribution in [3.05, 3.63) is 112 Å². The molecule has 0 aliphatic carbocycles. The van der Waals surface area contributed by atoms with E-state index in [-0.39, 0.29) is 17.8 Å². The fourth-order valence-corrected chi connectivity index (χ4v) is 3.67. The standard InChI is InChI=1S/C26H24FN3O2/c27-22-11-12-24-23(17-22)26(32)30(19-28-24)18-25(31)29(15-13-20-7-3-1-4-8-20)16-14-21-9-5-2-6-10-21/h1-12,17,19H,13-16,18H2. The fraction of sp³-hybridized carbons (Fsp3) is 0.192. The van der Waals surface area contributed by atoms with Gasteiger partial charge < -0.3 is 4.90 Å². The van der Waals surface area contributed by atoms with Crippen molar-refractivity contribution in [3.63, 3.8) is 0 Å². The summed E-state index contributed by atoms with van der Waals surface area (Å²) in [4.78, 5) is 31.9. The first-order chi connectivity index (χ1) is 15.6. The quantitative estimate of drug-likeness (QED) is 0.428. The highest BCUT2D eigenvalue weighted by molar-refractivity contribution is 5.79. The van der Waals surface area contributed by atoms with Gasteiger partial charge >= 0.3 is 0 Å². The molecule has 0 saturated heterocycles. The lowest BCUT2D eigenvalue weighted by Gasteiger charge is -2.23. The lowest BCUT2D eigenvalue weighted by molar-refractivity contribution is -0.131. The number of carbonyl (C=O) groups excluding carboxylic acids is 1. The van der Waals surface area contributed by atoms with Crippen LogP contribution in [0.4, 0.5) is 4.39 Å². The summed E-state index contributed by atoms with van der Waals surface area (Å²) in [6, 6.07) is 23.9. The molecule has 4 rings (SSSR count). The molecule has 3 aromatic carbocycles. The second-order valence-electron chi connectivity index (χ2n) is 7.69. The van der Waals surface area contributed by atoms with Crippen LogP contribution < -0.4 is 5.56 Å². The Hall–Kier alpha value is -3.80. The van der Waals surface area contributed by atoms with E-state index < -0.39 is 11.4 Å². The molecule has 4 aromatic rings. The van der Waals surface area contributed by atoms with Gasteiger partial charge in [-0.25, -0.2) is 9.37 Å². The summed E-state index contributed by atoms with van der Waals surface area (Å²) in [6.45, 7) is 0.946. The van der Waals surface area contributed by atoms with Crippen molar-refractivity contribution in [2.24, 2.45) is 0 Å². The summed E-state index contributed by atoms with van der Waals surface area (Å²) in [5.41, 5.74) is 2.27. The van der Waals surface area contributed by atoms with Crippen LogP contribution in [0.1, 0.15) is 11.1 Å². The number of halogens is 1. The number of fused-ring (bicyclic) bond motifs is 1. The first-order valence-electron chi connectivity index (χ1n) is 10.6. The summed E-state index contributed by atoms with van der Waals surface area (Å²) >= 11 is 0. The molecule has 0 radical (unpaired) electrons. The van der Waals surface area contributed by atoms with E-state index in [1.165, 1.54) is 23.0 Å². The van der Waals surface area contributed by atoms with E-state index in [1.54, 1.807) is 4.90 Å². The summed E-state index contributed by atoms with van der Waals surface area (Å²) < 4.78 is 14.9. The van der Waals surface area contributed by atoms with E-state index in [2.05, 4.69) is 4.98 Å². The van der Waals surface area contributed by atoms with E-state index in [1.807, 2.05) is 60.7 Å². The van der Waals surface area contributed by atoms with Crippen LogP contribution in [0.5, 0.6) is 0 Å². The maximum absolute atomic E-state index is 13.6. The van der Waals surface area contributed by atoms with Crippen LogP contribution in [-0.4, -0.2) is 33.4 Å². The van der Waals surface area contributed by atoms with Crippen LogP contribution in [0.25, 0.3) is 10.9 Å². The smallest absolute Gasteiger partial charge is 0.261 e. The Balaban J connectivity index is 1.52. The number of aromatic nitrogens is 2. The second-order valence-corrected chi connectivity index (χ2v) is 7.69. The summed E-state index contributed by atoms with van der Waals surface area (Å²) in [5.74, 6) is -0.677. The SMILES string of the molecule is O=C(Cn1cnc2ccc(F)cc2c1=O)N(CCc1ccccc1)CCc1ccccc1. The van der Waals surface area contributed by atoms with Crippen molar-refractivity contribution >= 4 is 16.8 Å². The van der Waals surface area contributed by atoms with Gasteiger partial charge in [-0.15, -0.1) is 0 Å². The third-order valence-corrected chi connectivity index (χ3v) is 5.47. The molecule has 0 N–H and O–H groups in total. The van der Waals surface area contributed by atoms with E-state index in [0.717, 1.165) is 30.0 Å². The number of rotatable bonds is 8. The van der Waals surface area contributed by atoms with Gasteiger partial charge in [0.1, 0.15) is 12.4 Å². The van der Waals surface area contributed by atoms with E-state index in [9.17, 15) is 14.0 Å². The van der Waals surface area contributed by atoms with Gasteiger partial charge in [0.2, 0.25) is 5.91 Å². The molecule has 1 aromatic heterocycles. The normalized spacial score (nSPS) is 10.9. The Morgan fingerprint density at radius 2 is 1.47 bits per heavy atom. The third-order valence-electron chi connectivity index (χ3n) is 5.47. The van der Waals surface area contributed by atoms with E-state index in [0.29, 0.717) is 18.6 Å². The average molecular weight is 429 g/mol. The van der Waals surface area contributed by atoms with Crippen LogP contribution in [0.15, 0.2) is 90.0 Å². The zero-order valence-corrected chi connectivity index (χ0v) is 17.7. The topological polar surface area (TPSA) is 55.2 Å². The van der Waals surface area contributed by atoms with Gasteiger partial charge in [0.25, 0.3) is 5.56 Å². The molecule has 0 saturated carbocycles. The van der Waals surface area contributed by atoms with Crippen molar-refractivity contribution in [2.45, 2.75) is 19.4 Å². The van der Waals surface area contributed by atoms with Gasteiger partial charge in [-0.1, -0.05) is 60.7 Å². The molecule has 0 atom stereocenters. The lowest BCUT2D eigenvalue weighted by atomic mass is 10.1. The predicted octanol–water partition coefficient (Wildman–Crippen LogP) is 3.85. The van der Waals surface area contributed by atoms with Crippen LogP contribution in [0.3, 0.4) is 0 Å². The summed E-state index contributed by atoms with van der Waals surface area (Å²) in [6.07, 6.45) is 2.79. The minimum atomic E-state index is -0.507. The van der Waals surface area contributed by atoms with Crippen molar-refractivity contribution in [1.82, 2.24) is 14.5 Å². The molecule has 0 fully saturated rings. The monoisotopic (exact) mass is 429 g/mol. The van der Waals surface area contributed by atoms with Crippen molar-refractivity contribution in [2.75, 3.05) is 13.1 Å². The molecule has 0 aliphatic rings. The van der Waals surface area contributed by atoms with Gasteiger partial charge in [0.15, 0.2) is 0 Å². The van der Waals surface area contributed by atoms with Crippen LogP contribution >= 0.6 is 0 Å². The maximum Gasteiger partial charge on any atom is 0.261 e. The lowest BCUT2D eigenvalue weighted by Crippen LogP contribution is -2.39. The molecule has 0 unspecified atom stereocenters. The number of carbonyl (C=O) groups is 1. The molecule has 32 heavy (non-hydrogen) atoms. The first-order valence-corrected chi connectivity index (χ1v) is 10.6. The minimum absolute atomic E-state index is 0.137. The Kier molecular flexibility index (Phi) is 6.70. The third kappa shape index (κ3) is 5.27. The van der Waals surface area contributed by atoms with Gasteiger partial charge in [-0.2, -0.15) is 0 Å². The highest BCUT2D eigenvalue weighted by atomic mass is 19.1. The Morgan fingerprint density at radius 1 is 0.875 bits per heavy atom. The fourth-order valence-electron chi connectivity index (χ4n) is 3.67. The highest BCUT2D eigenvalue weighted by Gasteiger charge is 2.16. The zero-order chi connectivity index (χ0) is 22.3. The predicted molar refractivity (Wildman–Crippen MR) is 123 cm³/mol. The number of nitrogens with zero attached hydrogens (tertiary/aromatic N) is 3. The Bertz CT molecular complexity index is 1210. The molecule has 0 bridgehead atoms. The highest BCUT2D eigenvalue weighted by Crippen LogP contribution is 2.10. The first kappa shape index (κ1) is 21.4. The summed E-state index contributed by atoms with van der Waals surface area (Å²) in [7, 11) is 0. The summed E-state index contributed by atoms with van der Waals surface area (Å²) in [5, 5.41) is 0.167. The molecule has 6 heteroatoms.